The predicted octanol–water partition coefficient (Wildman–Crippen LogP) is 5.36. The van der Waals surface area contributed by atoms with E-state index < -0.39 is 29.1 Å². The van der Waals surface area contributed by atoms with Gasteiger partial charge in [-0.3, -0.25) is 4.79 Å². The number of ether oxygens (including phenoxy) is 2. The molecule has 7 heteroatoms. The van der Waals surface area contributed by atoms with Gasteiger partial charge in [-0.2, -0.15) is 0 Å². The molecule has 1 aromatic rings. The number of carbonyl (C=O) groups is 2. The van der Waals surface area contributed by atoms with Crippen molar-refractivity contribution in [2.24, 2.45) is 0 Å². The van der Waals surface area contributed by atoms with Crippen molar-refractivity contribution in [3.63, 3.8) is 0 Å². The summed E-state index contributed by atoms with van der Waals surface area (Å²) in [6.07, 6.45) is 1.75. The molecule has 0 saturated carbocycles. The molecule has 0 aliphatic heterocycles. The number of benzene rings is 1. The van der Waals surface area contributed by atoms with E-state index in [-0.39, 0.29) is 5.76 Å². The van der Waals surface area contributed by atoms with Crippen molar-refractivity contribution in [2.45, 2.75) is 20.8 Å². The van der Waals surface area contributed by atoms with Gasteiger partial charge < -0.3 is 14.8 Å². The molecule has 0 aliphatic rings. The predicted molar refractivity (Wildman–Crippen MR) is 109 cm³/mol. The molecular formula is C22H23F2NO4. The van der Waals surface area contributed by atoms with Crippen LogP contribution in [0.1, 0.15) is 26.3 Å². The van der Waals surface area contributed by atoms with Crippen LogP contribution in [0.5, 0.6) is 0 Å². The van der Waals surface area contributed by atoms with E-state index >= 15 is 0 Å². The molecule has 0 radical (unpaired) electrons. The van der Waals surface area contributed by atoms with Crippen LogP contribution < -0.4 is 5.32 Å². The summed E-state index contributed by atoms with van der Waals surface area (Å²) in [5, 5.41) is 2.43. The molecule has 1 amide bonds. The lowest BCUT2D eigenvalue weighted by molar-refractivity contribution is -0.139. The quantitative estimate of drug-likeness (QED) is 0.275. The van der Waals surface area contributed by atoms with Crippen LogP contribution >= 0.6 is 0 Å². The number of anilines is 1. The fourth-order valence-corrected chi connectivity index (χ4v) is 2.19. The first-order chi connectivity index (χ1) is 13.7. The second kappa shape index (κ2) is 10.8. The summed E-state index contributed by atoms with van der Waals surface area (Å²) < 4.78 is 37.5. The number of methoxy groups -OCH3 is 1. The van der Waals surface area contributed by atoms with Gasteiger partial charge >= 0.3 is 5.97 Å². The Labute approximate surface area is 168 Å². The highest BCUT2D eigenvalue weighted by Gasteiger charge is 2.19. The number of halogens is 2. The summed E-state index contributed by atoms with van der Waals surface area (Å²) >= 11 is 0. The normalized spacial score (nSPS) is 13.0. The second-order valence-electron chi connectivity index (χ2n) is 5.79. The van der Waals surface area contributed by atoms with E-state index in [1.165, 1.54) is 14.0 Å². The van der Waals surface area contributed by atoms with Crippen LogP contribution in [-0.4, -0.2) is 19.0 Å². The molecule has 0 bridgehead atoms. The summed E-state index contributed by atoms with van der Waals surface area (Å²) in [6, 6.07) is 6.49. The fourth-order valence-electron chi connectivity index (χ4n) is 2.19. The molecule has 0 unspecified atom stereocenters. The Kier molecular flexibility index (Phi) is 8.73. The van der Waals surface area contributed by atoms with Gasteiger partial charge in [-0.1, -0.05) is 24.8 Å². The molecule has 0 atom stereocenters. The Hall–Kier alpha value is -3.48. The highest BCUT2D eigenvalue weighted by Crippen LogP contribution is 2.24. The summed E-state index contributed by atoms with van der Waals surface area (Å²) in [5.41, 5.74) is 1.06. The van der Waals surface area contributed by atoms with E-state index in [2.05, 4.69) is 23.2 Å². The minimum Gasteiger partial charge on any atom is -0.463 e. The van der Waals surface area contributed by atoms with Crippen molar-refractivity contribution in [3.05, 3.63) is 83.9 Å². The van der Waals surface area contributed by atoms with Gasteiger partial charge in [0.1, 0.15) is 23.0 Å². The van der Waals surface area contributed by atoms with Crippen LogP contribution in [-0.2, 0) is 19.1 Å². The van der Waals surface area contributed by atoms with Crippen LogP contribution in [0.15, 0.2) is 78.3 Å². The average Bonchev–Trinajstić information content (AvgIpc) is 2.72. The number of rotatable bonds is 8. The topological polar surface area (TPSA) is 64.6 Å². The van der Waals surface area contributed by atoms with Crippen LogP contribution in [0.2, 0.25) is 0 Å². The third kappa shape index (κ3) is 6.27. The molecule has 1 aromatic carbocycles. The van der Waals surface area contributed by atoms with Gasteiger partial charge in [0.2, 0.25) is 5.76 Å². The largest absolute Gasteiger partial charge is 0.463 e. The molecule has 0 saturated heterocycles. The lowest BCUT2D eigenvalue weighted by Gasteiger charge is -2.12. The molecule has 154 valence electrons. The molecule has 1 rings (SSSR count). The molecule has 0 heterocycles. The van der Waals surface area contributed by atoms with Crippen LogP contribution in [0.3, 0.4) is 0 Å². The Balaban J connectivity index is 3.03. The number of nitrogens with one attached hydrogen (secondary N) is 1. The van der Waals surface area contributed by atoms with Crippen LogP contribution in [0.25, 0.3) is 5.57 Å². The number of carbonyl (C=O) groups excluding carboxylic acids is 2. The van der Waals surface area contributed by atoms with Crippen LogP contribution in [0, 0.1) is 0 Å². The summed E-state index contributed by atoms with van der Waals surface area (Å²) in [5.74, 6) is -3.39. The lowest BCUT2D eigenvalue weighted by atomic mass is 10.1. The summed E-state index contributed by atoms with van der Waals surface area (Å²) in [6.45, 7) is 11.5. The molecule has 29 heavy (non-hydrogen) atoms. The summed E-state index contributed by atoms with van der Waals surface area (Å²) in [4.78, 5) is 23.6. The molecule has 0 aliphatic carbocycles. The van der Waals surface area contributed by atoms with E-state index in [1.54, 1.807) is 38.1 Å². The van der Waals surface area contributed by atoms with Gasteiger partial charge in [-0.05, 0) is 56.7 Å². The van der Waals surface area contributed by atoms with Crippen molar-refractivity contribution in [1.82, 2.24) is 0 Å². The zero-order valence-corrected chi connectivity index (χ0v) is 16.8. The first-order valence-corrected chi connectivity index (χ1v) is 8.54. The van der Waals surface area contributed by atoms with Gasteiger partial charge in [0, 0.05) is 5.69 Å². The number of hydrogen-bond acceptors (Lipinski definition) is 4. The molecule has 0 aromatic heterocycles. The molecular weight excluding hydrogens is 380 g/mol. The maximum atomic E-state index is 13.8. The molecule has 5 nitrogen and oxygen atoms in total. The highest BCUT2D eigenvalue weighted by atomic mass is 19.1. The minimum absolute atomic E-state index is 0.150. The lowest BCUT2D eigenvalue weighted by Crippen LogP contribution is -2.16. The monoisotopic (exact) mass is 403 g/mol. The number of amides is 1. The molecule has 0 spiro atoms. The van der Waals surface area contributed by atoms with Gasteiger partial charge in [0.25, 0.3) is 5.91 Å². The first kappa shape index (κ1) is 23.6. The van der Waals surface area contributed by atoms with Gasteiger partial charge in [0.05, 0.1) is 7.11 Å². The van der Waals surface area contributed by atoms with E-state index in [4.69, 9.17) is 4.74 Å². The standard InChI is InChI=1S/C22H23F2NO4/c1-7-18(23)20(19(24)8-2)21(26)25-17-11-9-16(10-12-17)13(3)14(4)29-15(5)22(27)28-6/h7-12H,1,5H2,2-4,6H3,(H,25,26)/b14-13+,19-8+,20-18-. The van der Waals surface area contributed by atoms with E-state index in [0.29, 0.717) is 17.0 Å². The maximum absolute atomic E-state index is 13.8. The van der Waals surface area contributed by atoms with E-state index in [1.807, 2.05) is 0 Å². The minimum atomic E-state index is -1.06. The molecule has 0 fully saturated rings. The smallest absolute Gasteiger partial charge is 0.373 e. The van der Waals surface area contributed by atoms with Crippen LogP contribution in [0.4, 0.5) is 14.5 Å². The van der Waals surface area contributed by atoms with Crippen molar-refractivity contribution < 1.29 is 27.8 Å². The van der Waals surface area contributed by atoms with E-state index in [9.17, 15) is 18.4 Å². The number of allylic oxidation sites excluding steroid dienone is 5. The van der Waals surface area contributed by atoms with Gasteiger partial charge in [0.15, 0.2) is 0 Å². The second-order valence-corrected chi connectivity index (χ2v) is 5.79. The highest BCUT2D eigenvalue weighted by molar-refractivity contribution is 6.07. The van der Waals surface area contributed by atoms with Crippen molar-refractivity contribution in [2.75, 3.05) is 12.4 Å². The third-order valence-electron chi connectivity index (χ3n) is 3.93. The number of hydrogen-bond donors (Lipinski definition) is 1. The van der Waals surface area contributed by atoms with Gasteiger partial charge in [-0.15, -0.1) is 0 Å². The Morgan fingerprint density at radius 1 is 1.14 bits per heavy atom. The van der Waals surface area contributed by atoms with Crippen molar-refractivity contribution in [3.8, 4) is 0 Å². The maximum Gasteiger partial charge on any atom is 0.373 e. The fraction of sp³-hybridized carbons (Fsp3) is 0.182. The SMILES string of the molecule is C=C/C(F)=C(C(=O)Nc1ccc(/C(C)=C(\C)OC(=C)C(=O)OC)cc1)\C(F)=C/C. The van der Waals surface area contributed by atoms with Crippen molar-refractivity contribution in [1.29, 1.82) is 0 Å². The summed E-state index contributed by atoms with van der Waals surface area (Å²) in [7, 11) is 1.22. The Morgan fingerprint density at radius 2 is 1.72 bits per heavy atom. The van der Waals surface area contributed by atoms with E-state index in [0.717, 1.165) is 17.7 Å². The Bertz CT molecular complexity index is 909. The van der Waals surface area contributed by atoms with Crippen molar-refractivity contribution >= 4 is 23.1 Å². The number of esters is 1. The third-order valence-corrected chi connectivity index (χ3v) is 3.93. The van der Waals surface area contributed by atoms with Gasteiger partial charge in [-0.25, -0.2) is 13.6 Å². The average molecular weight is 403 g/mol. The Morgan fingerprint density at radius 3 is 2.21 bits per heavy atom. The first-order valence-electron chi connectivity index (χ1n) is 8.54. The molecule has 1 N–H and O–H groups in total. The zero-order valence-electron chi connectivity index (χ0n) is 16.8. The zero-order chi connectivity index (χ0) is 22.1.